The Balaban J connectivity index is 2.80. The summed E-state index contributed by atoms with van der Waals surface area (Å²) in [7, 11) is 0. The molecule has 0 aromatic heterocycles. The van der Waals surface area contributed by atoms with Gasteiger partial charge >= 0.3 is 6.18 Å². The number of rotatable bonds is 3. The molecule has 0 unspecified atom stereocenters. The maximum absolute atomic E-state index is 12.8. The lowest BCUT2D eigenvalue weighted by atomic mass is 10.1. The highest BCUT2D eigenvalue weighted by Gasteiger charge is 2.31. The fourth-order valence-corrected chi connectivity index (χ4v) is 1.18. The van der Waals surface area contributed by atoms with Crippen molar-refractivity contribution in [2.75, 3.05) is 6.54 Å². The van der Waals surface area contributed by atoms with E-state index in [-0.39, 0.29) is 5.56 Å². The Morgan fingerprint density at radius 2 is 1.44 bits per heavy atom. The average Bonchev–Trinajstić information content (AvgIpc) is 2.16. The number of halogens is 5. The smallest absolute Gasteiger partial charge is 0.325 e. The molecule has 6 heteroatoms. The van der Waals surface area contributed by atoms with Crippen molar-refractivity contribution >= 4 is 0 Å². The maximum Gasteiger partial charge on any atom is 0.416 e. The van der Waals surface area contributed by atoms with Crippen LogP contribution in [0.3, 0.4) is 0 Å². The summed E-state index contributed by atoms with van der Waals surface area (Å²) in [4.78, 5) is 0. The first kappa shape index (κ1) is 12.9. The minimum atomic E-state index is -4.45. The molecule has 16 heavy (non-hydrogen) atoms. The van der Waals surface area contributed by atoms with Crippen LogP contribution in [0, 0.1) is 0 Å². The number of benzene rings is 1. The molecule has 0 radical (unpaired) electrons. The van der Waals surface area contributed by atoms with Gasteiger partial charge in [0.2, 0.25) is 0 Å². The first-order valence-electron chi connectivity index (χ1n) is 4.49. The van der Waals surface area contributed by atoms with Crippen LogP contribution >= 0.6 is 0 Å². The van der Waals surface area contributed by atoms with E-state index in [9.17, 15) is 22.0 Å². The molecule has 90 valence electrons. The molecule has 1 nitrogen and oxygen atoms in total. The van der Waals surface area contributed by atoms with Crippen molar-refractivity contribution in [2.24, 2.45) is 5.73 Å². The molecule has 0 amide bonds. The topological polar surface area (TPSA) is 26.0 Å². The quantitative estimate of drug-likeness (QED) is 0.806. The third-order valence-corrected chi connectivity index (χ3v) is 2.04. The molecule has 1 aromatic carbocycles. The van der Waals surface area contributed by atoms with Gasteiger partial charge in [-0.3, -0.25) is 0 Å². The summed E-state index contributed by atoms with van der Waals surface area (Å²) in [5.74, 6) is -3.08. The normalized spacial score (nSPS) is 12.9. The van der Waals surface area contributed by atoms with E-state index in [1.165, 1.54) is 0 Å². The number of nitrogens with two attached hydrogens (primary N) is 1. The van der Waals surface area contributed by atoms with Gasteiger partial charge in [0.15, 0.2) is 0 Å². The zero-order chi connectivity index (χ0) is 12.4. The van der Waals surface area contributed by atoms with Crippen LogP contribution in [-0.2, 0) is 12.6 Å². The Hall–Kier alpha value is -1.17. The third-order valence-electron chi connectivity index (χ3n) is 2.04. The first-order valence-corrected chi connectivity index (χ1v) is 4.49. The highest BCUT2D eigenvalue weighted by Crippen LogP contribution is 2.29. The summed E-state index contributed by atoms with van der Waals surface area (Å²) in [6, 6.07) is 3.63. The average molecular weight is 239 g/mol. The number of alkyl halides is 5. The molecule has 0 atom stereocenters. The monoisotopic (exact) mass is 239 g/mol. The lowest BCUT2D eigenvalue weighted by Crippen LogP contribution is -2.30. The van der Waals surface area contributed by atoms with Gasteiger partial charge < -0.3 is 5.73 Å². The molecule has 0 aliphatic rings. The number of hydrogen-bond donors (Lipinski definition) is 1. The highest BCUT2D eigenvalue weighted by atomic mass is 19.4. The van der Waals surface area contributed by atoms with E-state index < -0.39 is 30.6 Å². The van der Waals surface area contributed by atoms with Crippen molar-refractivity contribution in [3.63, 3.8) is 0 Å². The molecule has 0 spiro atoms. The van der Waals surface area contributed by atoms with Gasteiger partial charge in [-0.1, -0.05) is 12.1 Å². The zero-order valence-electron chi connectivity index (χ0n) is 8.19. The van der Waals surface area contributed by atoms with Crippen LogP contribution in [0.4, 0.5) is 22.0 Å². The van der Waals surface area contributed by atoms with Gasteiger partial charge in [-0.05, 0) is 17.7 Å². The van der Waals surface area contributed by atoms with Gasteiger partial charge in [-0.25, -0.2) is 8.78 Å². The van der Waals surface area contributed by atoms with E-state index in [4.69, 9.17) is 5.73 Å². The molecule has 1 aromatic rings. The molecule has 2 N–H and O–H groups in total. The molecule has 0 saturated heterocycles. The molecule has 1 rings (SSSR count). The highest BCUT2D eigenvalue weighted by molar-refractivity contribution is 5.25. The van der Waals surface area contributed by atoms with Crippen LogP contribution < -0.4 is 5.73 Å². The lowest BCUT2D eigenvalue weighted by Gasteiger charge is -2.14. The van der Waals surface area contributed by atoms with Gasteiger partial charge in [0.05, 0.1) is 12.1 Å². The predicted molar refractivity (Wildman–Crippen MR) is 49.1 cm³/mol. The SMILES string of the molecule is NCC(F)(F)Cc1ccc(C(F)(F)F)cc1. The van der Waals surface area contributed by atoms with Crippen molar-refractivity contribution < 1.29 is 22.0 Å². The minimum absolute atomic E-state index is 0.128. The third kappa shape index (κ3) is 3.44. The Kier molecular flexibility index (Phi) is 3.52. The minimum Gasteiger partial charge on any atom is -0.325 e. The second kappa shape index (κ2) is 4.37. The fourth-order valence-electron chi connectivity index (χ4n) is 1.18. The fraction of sp³-hybridized carbons (Fsp3) is 0.400. The van der Waals surface area contributed by atoms with Crippen LogP contribution in [0.1, 0.15) is 11.1 Å². The van der Waals surface area contributed by atoms with E-state index in [0.29, 0.717) is 0 Å². The maximum atomic E-state index is 12.8. The molecule has 0 heterocycles. The standard InChI is InChI=1S/C10H10F5N/c11-9(12,6-16)5-7-1-3-8(4-2-7)10(13,14)15/h1-4H,5-6,16H2. The zero-order valence-corrected chi connectivity index (χ0v) is 8.19. The molecule has 0 bridgehead atoms. The van der Waals surface area contributed by atoms with Gasteiger partial charge in [0.25, 0.3) is 5.92 Å². The van der Waals surface area contributed by atoms with Crippen LogP contribution in [0.25, 0.3) is 0 Å². The van der Waals surface area contributed by atoms with E-state index in [1.54, 1.807) is 0 Å². The van der Waals surface area contributed by atoms with E-state index >= 15 is 0 Å². The first-order chi connectivity index (χ1) is 7.24. The van der Waals surface area contributed by atoms with Crippen LogP contribution in [0.15, 0.2) is 24.3 Å². The van der Waals surface area contributed by atoms with E-state index in [2.05, 4.69) is 0 Å². The summed E-state index contributed by atoms with van der Waals surface area (Å²) < 4.78 is 62.1. The Morgan fingerprint density at radius 3 is 1.81 bits per heavy atom. The van der Waals surface area contributed by atoms with E-state index in [1.807, 2.05) is 0 Å². The lowest BCUT2D eigenvalue weighted by molar-refractivity contribution is -0.137. The van der Waals surface area contributed by atoms with Gasteiger partial charge in [0, 0.05) is 6.42 Å². The van der Waals surface area contributed by atoms with Crippen molar-refractivity contribution in [3.05, 3.63) is 35.4 Å². The van der Waals surface area contributed by atoms with Crippen LogP contribution in [-0.4, -0.2) is 12.5 Å². The van der Waals surface area contributed by atoms with Crippen LogP contribution in [0.2, 0.25) is 0 Å². The van der Waals surface area contributed by atoms with Crippen molar-refractivity contribution in [3.8, 4) is 0 Å². The molecule has 0 aliphatic heterocycles. The van der Waals surface area contributed by atoms with Gasteiger partial charge in [-0.15, -0.1) is 0 Å². The Bertz CT molecular complexity index is 341. The Morgan fingerprint density at radius 1 is 0.938 bits per heavy atom. The summed E-state index contributed by atoms with van der Waals surface area (Å²) in [6.45, 7) is -0.825. The molecular formula is C10H10F5N. The number of hydrogen-bond acceptors (Lipinski definition) is 1. The van der Waals surface area contributed by atoms with Gasteiger partial charge in [-0.2, -0.15) is 13.2 Å². The molecule has 0 fully saturated rings. The van der Waals surface area contributed by atoms with Crippen molar-refractivity contribution in [1.29, 1.82) is 0 Å². The summed E-state index contributed by atoms with van der Waals surface area (Å²) in [6.07, 6.45) is -5.10. The molecule has 0 aliphatic carbocycles. The van der Waals surface area contributed by atoms with E-state index in [0.717, 1.165) is 24.3 Å². The van der Waals surface area contributed by atoms with Crippen molar-refractivity contribution in [1.82, 2.24) is 0 Å². The summed E-state index contributed by atoms with van der Waals surface area (Å²) in [5.41, 5.74) is 4.10. The van der Waals surface area contributed by atoms with Crippen molar-refractivity contribution in [2.45, 2.75) is 18.5 Å². The predicted octanol–water partition coefficient (Wildman–Crippen LogP) is 2.84. The van der Waals surface area contributed by atoms with Crippen LogP contribution in [0.5, 0.6) is 0 Å². The summed E-state index contributed by atoms with van der Waals surface area (Å²) in [5, 5.41) is 0. The van der Waals surface area contributed by atoms with Gasteiger partial charge in [0.1, 0.15) is 0 Å². The molecular weight excluding hydrogens is 229 g/mol. The Labute approximate surface area is 89.1 Å². The second-order valence-corrected chi connectivity index (χ2v) is 3.43. The second-order valence-electron chi connectivity index (χ2n) is 3.43. The summed E-state index contributed by atoms with van der Waals surface area (Å²) >= 11 is 0. The largest absolute Gasteiger partial charge is 0.416 e. The molecule has 0 saturated carbocycles.